The summed E-state index contributed by atoms with van der Waals surface area (Å²) in [7, 11) is 8.50. The maximum atomic E-state index is 2.34. The van der Waals surface area contributed by atoms with Gasteiger partial charge in [0.2, 0.25) is 0 Å². The largest absolute Gasteiger partial charge is 1.00 e. The highest BCUT2D eigenvalue weighted by molar-refractivity contribution is 4.54. The lowest BCUT2D eigenvalue weighted by atomic mass is 10.1. The van der Waals surface area contributed by atoms with Crippen LogP contribution in [-0.2, 0) is 0 Å². The number of unbranched alkanes of at least 4 members (excludes halogenated alkanes) is 16. The number of rotatable bonds is 24. The van der Waals surface area contributed by atoms with E-state index in [1.54, 1.807) is 0 Å². The second-order valence-corrected chi connectivity index (χ2v) is 12.6. The second kappa shape index (κ2) is 31.9. The highest BCUT2D eigenvalue weighted by Gasteiger charge is 2.25. The third kappa shape index (κ3) is 36.8. The van der Waals surface area contributed by atoms with Crippen LogP contribution < -0.4 is 29.4 Å². The van der Waals surface area contributed by atoms with Gasteiger partial charge in [-0.15, -0.1) is 0 Å². The van der Waals surface area contributed by atoms with Gasteiger partial charge in [-0.05, 0) is 51.4 Å². The summed E-state index contributed by atoms with van der Waals surface area (Å²) in [6.07, 6.45) is 28.8. The first kappa shape index (κ1) is 43.7. The van der Waals surface area contributed by atoms with Gasteiger partial charge in [0.25, 0.3) is 0 Å². The van der Waals surface area contributed by atoms with Crippen LogP contribution >= 0.6 is 0 Å². The first-order chi connectivity index (χ1) is 16.2. The Kier molecular flexibility index (Phi) is 38.8. The van der Waals surface area contributed by atoms with Crippen LogP contribution in [0, 0.1) is 0 Å². The summed E-state index contributed by atoms with van der Waals surface area (Å²) in [5, 5.41) is 0. The summed E-state index contributed by atoms with van der Waals surface area (Å²) < 4.78 is 2.47. The molecule has 0 spiro atoms. The predicted octanol–water partition coefficient (Wildman–Crippen LogP) is 4.02. The van der Waals surface area contributed by atoms with Crippen molar-refractivity contribution in [2.24, 2.45) is 0 Å². The molecule has 0 aromatic carbocycles. The molecule has 0 aromatic heterocycles. The van der Waals surface area contributed by atoms with E-state index in [9.17, 15) is 0 Å². The molecule has 0 heterocycles. The Morgan fingerprint density at radius 1 is 0.333 bits per heavy atom. The van der Waals surface area contributed by atoms with Gasteiger partial charge in [0.05, 0.1) is 54.4 Å². The molecule has 0 aliphatic rings. The quantitative estimate of drug-likeness (QED) is 0.116. The summed E-state index contributed by atoms with van der Waals surface area (Å²) in [6, 6.07) is 0. The van der Waals surface area contributed by atoms with E-state index in [0.717, 1.165) is 4.48 Å². The van der Waals surface area contributed by atoms with E-state index in [1.165, 1.54) is 159 Å². The van der Waals surface area contributed by atoms with Crippen molar-refractivity contribution in [3.8, 4) is 0 Å². The van der Waals surface area contributed by atoms with E-state index >= 15 is 0 Å². The number of quaternary nitrogens is 2. The van der Waals surface area contributed by atoms with Crippen LogP contribution in [0.3, 0.4) is 0 Å². The molecule has 0 aromatic rings. The van der Waals surface area contributed by atoms with E-state index < -0.39 is 0 Å². The SMILES string of the molecule is CCCCCCC[N+](CCCCCCC)(CCCCCCC)CCCCCCC.C[N+](C)(C)C.[Br-].[Cl-]. The average molecular weight is 600 g/mol. The number of halogens is 2. The molecule has 2 nitrogen and oxygen atoms in total. The van der Waals surface area contributed by atoms with Crippen molar-refractivity contribution < 1.29 is 38.4 Å². The van der Waals surface area contributed by atoms with Crippen molar-refractivity contribution in [2.75, 3.05) is 54.4 Å². The molecule has 0 saturated heterocycles. The van der Waals surface area contributed by atoms with Crippen LogP contribution in [0.1, 0.15) is 156 Å². The molecule has 0 unspecified atom stereocenters. The molecule has 0 bridgehead atoms. The molecular weight excluding hydrogens is 528 g/mol. The number of hydrogen-bond donors (Lipinski definition) is 0. The smallest absolute Gasteiger partial charge is 0.0786 e. The Bertz CT molecular complexity index is 317. The molecule has 36 heavy (non-hydrogen) atoms. The molecule has 0 amide bonds. The number of nitrogens with zero attached hydrogens (tertiary/aromatic N) is 2. The van der Waals surface area contributed by atoms with Crippen molar-refractivity contribution in [1.29, 1.82) is 0 Å². The molecular formula is C32H72BrClN2. The van der Waals surface area contributed by atoms with Gasteiger partial charge >= 0.3 is 0 Å². The Morgan fingerprint density at radius 3 is 0.667 bits per heavy atom. The predicted molar refractivity (Wildman–Crippen MR) is 159 cm³/mol. The van der Waals surface area contributed by atoms with Crippen molar-refractivity contribution >= 4 is 0 Å². The van der Waals surface area contributed by atoms with Gasteiger partial charge in [-0.1, -0.05) is 105 Å². The third-order valence-electron chi connectivity index (χ3n) is 6.94. The first-order valence-corrected chi connectivity index (χ1v) is 15.9. The van der Waals surface area contributed by atoms with Crippen molar-refractivity contribution in [3.63, 3.8) is 0 Å². The Hall–Kier alpha value is 0.690. The molecule has 0 atom stereocenters. The maximum Gasteiger partial charge on any atom is 0.0786 e. The highest BCUT2D eigenvalue weighted by atomic mass is 79.9. The summed E-state index contributed by atoms with van der Waals surface area (Å²) in [6.45, 7) is 15.2. The fourth-order valence-electron chi connectivity index (χ4n) is 4.87. The monoisotopic (exact) mass is 598 g/mol. The van der Waals surface area contributed by atoms with Crippen molar-refractivity contribution in [2.45, 2.75) is 156 Å². The summed E-state index contributed by atoms with van der Waals surface area (Å²) in [5.74, 6) is 0. The topological polar surface area (TPSA) is 0 Å². The molecule has 224 valence electrons. The molecule has 4 heteroatoms. The molecule has 0 aliphatic carbocycles. The maximum absolute atomic E-state index is 2.34. The average Bonchev–Trinajstić information content (AvgIpc) is 2.77. The standard InChI is InChI=1S/C28H60N.C4H12N.BrH.ClH/c1-5-9-13-17-21-25-29(26-22-18-14-10-6-2,27-23-19-15-11-7-3)28-24-20-16-12-8-4;1-5(2,3)4;;/h5-28H2,1-4H3;1-4H3;2*1H/q2*+1;;/p-2. The molecule has 0 radical (unpaired) electrons. The molecule has 0 saturated carbocycles. The summed E-state index contributed by atoms with van der Waals surface area (Å²) in [5.41, 5.74) is 0. The zero-order valence-electron chi connectivity index (χ0n) is 26.6. The van der Waals surface area contributed by atoms with Crippen molar-refractivity contribution in [1.82, 2.24) is 0 Å². The van der Waals surface area contributed by atoms with Gasteiger partial charge in [0.1, 0.15) is 0 Å². The summed E-state index contributed by atoms with van der Waals surface area (Å²) >= 11 is 0. The van der Waals surface area contributed by atoms with Crippen LogP contribution in [0.2, 0.25) is 0 Å². The Balaban J connectivity index is -0.000000661. The van der Waals surface area contributed by atoms with Gasteiger partial charge in [-0.25, -0.2) is 0 Å². The van der Waals surface area contributed by atoms with Crippen LogP contribution in [-0.4, -0.2) is 63.3 Å². The van der Waals surface area contributed by atoms with Gasteiger partial charge in [0.15, 0.2) is 0 Å². The lowest BCUT2D eigenvalue weighted by molar-refractivity contribution is -0.929. The molecule has 0 rings (SSSR count). The fraction of sp³-hybridized carbons (Fsp3) is 1.00. The van der Waals surface area contributed by atoms with Crippen LogP contribution in [0.5, 0.6) is 0 Å². The normalized spacial score (nSPS) is 11.3. The van der Waals surface area contributed by atoms with Gasteiger partial charge in [-0.3, -0.25) is 0 Å². The zero-order chi connectivity index (χ0) is 26.0. The van der Waals surface area contributed by atoms with Crippen LogP contribution in [0.25, 0.3) is 0 Å². The van der Waals surface area contributed by atoms with E-state index in [1.807, 2.05) is 0 Å². The minimum absolute atomic E-state index is 0. The molecule has 0 fully saturated rings. The molecule has 0 aliphatic heterocycles. The minimum atomic E-state index is 0. The van der Waals surface area contributed by atoms with Gasteiger partial charge in [0, 0.05) is 0 Å². The van der Waals surface area contributed by atoms with E-state index in [4.69, 9.17) is 0 Å². The molecule has 0 N–H and O–H groups in total. The van der Waals surface area contributed by atoms with Crippen LogP contribution in [0.15, 0.2) is 0 Å². The zero-order valence-corrected chi connectivity index (χ0v) is 29.0. The fourth-order valence-corrected chi connectivity index (χ4v) is 4.87. The van der Waals surface area contributed by atoms with Crippen molar-refractivity contribution in [3.05, 3.63) is 0 Å². The van der Waals surface area contributed by atoms with Gasteiger partial charge in [-0.2, -0.15) is 0 Å². The van der Waals surface area contributed by atoms with E-state index in [2.05, 4.69) is 55.9 Å². The second-order valence-electron chi connectivity index (χ2n) is 12.6. The van der Waals surface area contributed by atoms with Crippen LogP contribution in [0.4, 0.5) is 0 Å². The Morgan fingerprint density at radius 2 is 0.500 bits per heavy atom. The lowest BCUT2D eigenvalue weighted by Gasteiger charge is -2.39. The number of hydrogen-bond acceptors (Lipinski definition) is 0. The minimum Gasteiger partial charge on any atom is -1.00 e. The summed E-state index contributed by atoms with van der Waals surface area (Å²) in [4.78, 5) is 0. The third-order valence-corrected chi connectivity index (χ3v) is 6.94. The van der Waals surface area contributed by atoms with Gasteiger partial charge < -0.3 is 38.4 Å². The van der Waals surface area contributed by atoms with E-state index in [-0.39, 0.29) is 29.4 Å². The van der Waals surface area contributed by atoms with E-state index in [0.29, 0.717) is 0 Å². The first-order valence-electron chi connectivity index (χ1n) is 15.9. The Labute approximate surface area is 248 Å². The lowest BCUT2D eigenvalue weighted by Crippen LogP contribution is -3.00. The highest BCUT2D eigenvalue weighted by Crippen LogP contribution is 2.20.